The van der Waals surface area contributed by atoms with Crippen LogP contribution in [0, 0.1) is 12.8 Å². The van der Waals surface area contributed by atoms with Gasteiger partial charge < -0.3 is 14.9 Å². The summed E-state index contributed by atoms with van der Waals surface area (Å²) in [5.74, 6) is 1.05. The van der Waals surface area contributed by atoms with Crippen LogP contribution in [0.25, 0.3) is 0 Å². The number of hydrogen-bond donors (Lipinski definition) is 2. The van der Waals surface area contributed by atoms with Crippen molar-refractivity contribution in [3.63, 3.8) is 0 Å². The molecule has 5 heteroatoms. The molecule has 2 N–H and O–H groups in total. The van der Waals surface area contributed by atoms with Gasteiger partial charge in [-0.15, -0.1) is 0 Å². The third-order valence-electron chi connectivity index (χ3n) is 2.68. The molecule has 1 unspecified atom stereocenters. The average Bonchev–Trinajstić information content (AvgIpc) is 2.45. The normalized spacial score (nSPS) is 19.0. The molecular formula is C9H15N3O2. The molecule has 0 aliphatic heterocycles. The summed E-state index contributed by atoms with van der Waals surface area (Å²) >= 11 is 0. The molecular weight excluding hydrogens is 182 g/mol. The van der Waals surface area contributed by atoms with Gasteiger partial charge >= 0.3 is 6.01 Å². The van der Waals surface area contributed by atoms with Crippen molar-refractivity contribution in [2.45, 2.75) is 32.3 Å². The van der Waals surface area contributed by atoms with E-state index in [0.717, 1.165) is 12.8 Å². The van der Waals surface area contributed by atoms with Gasteiger partial charge in [-0.3, -0.25) is 0 Å². The van der Waals surface area contributed by atoms with Crippen molar-refractivity contribution in [3.05, 3.63) is 5.82 Å². The second-order valence-electron chi connectivity index (χ2n) is 3.79. The fourth-order valence-electron chi connectivity index (χ4n) is 1.55. The van der Waals surface area contributed by atoms with Gasteiger partial charge in [-0.05, 0) is 25.7 Å². The molecule has 0 amide bonds. The Morgan fingerprint density at radius 1 is 1.64 bits per heavy atom. The highest BCUT2D eigenvalue weighted by Gasteiger charge is 2.25. The van der Waals surface area contributed by atoms with Crippen molar-refractivity contribution >= 4 is 6.01 Å². The first-order valence-corrected chi connectivity index (χ1v) is 4.98. The van der Waals surface area contributed by atoms with Crippen LogP contribution in [0.3, 0.4) is 0 Å². The van der Waals surface area contributed by atoms with Crippen molar-refractivity contribution in [3.8, 4) is 0 Å². The fourth-order valence-corrected chi connectivity index (χ4v) is 1.55. The number of nitrogens with one attached hydrogen (secondary N) is 1. The second kappa shape index (κ2) is 3.96. The number of aliphatic hydroxyl groups excluding tert-OH is 1. The summed E-state index contributed by atoms with van der Waals surface area (Å²) in [6, 6.07) is 0.390. The first kappa shape index (κ1) is 9.45. The van der Waals surface area contributed by atoms with Gasteiger partial charge in [0.05, 0.1) is 6.10 Å². The van der Waals surface area contributed by atoms with Crippen LogP contribution in [0.4, 0.5) is 6.01 Å². The quantitative estimate of drug-likeness (QED) is 0.752. The van der Waals surface area contributed by atoms with E-state index < -0.39 is 0 Å². The van der Waals surface area contributed by atoms with E-state index in [1.807, 2.05) is 0 Å². The number of aryl methyl sites for hydroxylation is 1. The van der Waals surface area contributed by atoms with Gasteiger partial charge in [0, 0.05) is 6.54 Å². The number of hydrogen-bond acceptors (Lipinski definition) is 5. The fraction of sp³-hybridized carbons (Fsp3) is 0.778. The largest absolute Gasteiger partial charge is 0.391 e. The molecule has 0 spiro atoms. The Hall–Kier alpha value is -1.10. The summed E-state index contributed by atoms with van der Waals surface area (Å²) in [6.45, 7) is 2.25. The van der Waals surface area contributed by atoms with Crippen molar-refractivity contribution in [2.75, 3.05) is 11.9 Å². The molecule has 1 aliphatic rings. The smallest absolute Gasteiger partial charge is 0.321 e. The highest BCUT2D eigenvalue weighted by atomic mass is 16.5. The lowest BCUT2D eigenvalue weighted by Gasteiger charge is -2.29. The lowest BCUT2D eigenvalue weighted by molar-refractivity contribution is 0.0724. The first-order chi connectivity index (χ1) is 6.75. The Kier molecular flexibility index (Phi) is 2.67. The zero-order valence-electron chi connectivity index (χ0n) is 8.23. The molecule has 0 saturated heterocycles. The minimum absolute atomic E-state index is 0.295. The number of rotatable bonds is 4. The Morgan fingerprint density at radius 3 is 2.93 bits per heavy atom. The second-order valence-corrected chi connectivity index (χ2v) is 3.79. The third kappa shape index (κ3) is 2.04. The van der Waals surface area contributed by atoms with Crippen molar-refractivity contribution < 1.29 is 9.63 Å². The van der Waals surface area contributed by atoms with Crippen LogP contribution in [0.15, 0.2) is 4.52 Å². The lowest BCUT2D eigenvalue weighted by atomic mass is 9.81. The molecule has 0 bridgehead atoms. The molecule has 1 heterocycles. The van der Waals surface area contributed by atoms with E-state index in [-0.39, 0.29) is 6.10 Å². The van der Waals surface area contributed by atoms with Crippen LogP contribution in [-0.4, -0.2) is 27.9 Å². The maximum absolute atomic E-state index is 9.68. The number of aliphatic hydroxyl groups is 1. The highest BCUT2D eigenvalue weighted by Crippen LogP contribution is 2.29. The van der Waals surface area contributed by atoms with Crippen LogP contribution in [0.2, 0.25) is 0 Å². The van der Waals surface area contributed by atoms with Gasteiger partial charge in [-0.1, -0.05) is 11.6 Å². The number of aromatic nitrogens is 2. The van der Waals surface area contributed by atoms with Crippen molar-refractivity contribution in [2.24, 2.45) is 5.92 Å². The summed E-state index contributed by atoms with van der Waals surface area (Å²) in [4.78, 5) is 3.99. The van der Waals surface area contributed by atoms with Gasteiger partial charge in [-0.25, -0.2) is 0 Å². The minimum Gasteiger partial charge on any atom is -0.391 e. The minimum atomic E-state index is -0.295. The molecule has 14 heavy (non-hydrogen) atoms. The van der Waals surface area contributed by atoms with Gasteiger partial charge in [0.15, 0.2) is 5.82 Å². The van der Waals surface area contributed by atoms with E-state index in [0.29, 0.717) is 24.3 Å². The number of nitrogens with zero attached hydrogens (tertiary/aromatic N) is 2. The molecule has 1 fully saturated rings. The summed E-state index contributed by atoms with van der Waals surface area (Å²) in [7, 11) is 0. The summed E-state index contributed by atoms with van der Waals surface area (Å²) in [5.41, 5.74) is 0. The summed E-state index contributed by atoms with van der Waals surface area (Å²) < 4.78 is 4.86. The van der Waals surface area contributed by atoms with Gasteiger partial charge in [0.2, 0.25) is 0 Å². The standard InChI is InChI=1S/C9H15N3O2/c1-6-11-9(14-12-6)10-5-8(13)7-3-2-4-7/h7-8,13H,2-5H2,1H3,(H,10,11,12). The van der Waals surface area contributed by atoms with Gasteiger partial charge in [0.1, 0.15) is 0 Å². The lowest BCUT2D eigenvalue weighted by Crippen LogP contribution is -2.32. The third-order valence-corrected chi connectivity index (χ3v) is 2.68. The molecule has 0 radical (unpaired) electrons. The van der Waals surface area contributed by atoms with Crippen molar-refractivity contribution in [1.29, 1.82) is 0 Å². The number of anilines is 1. The SMILES string of the molecule is Cc1noc(NCC(O)C2CCC2)n1. The van der Waals surface area contributed by atoms with Crippen LogP contribution >= 0.6 is 0 Å². The van der Waals surface area contributed by atoms with Gasteiger partial charge in [-0.2, -0.15) is 4.98 Å². The van der Waals surface area contributed by atoms with Crippen molar-refractivity contribution in [1.82, 2.24) is 10.1 Å². The molecule has 1 aromatic heterocycles. The molecule has 1 aliphatic carbocycles. The molecule has 2 rings (SSSR count). The van der Waals surface area contributed by atoms with E-state index in [2.05, 4.69) is 15.5 Å². The zero-order chi connectivity index (χ0) is 9.97. The van der Waals surface area contributed by atoms with E-state index >= 15 is 0 Å². The average molecular weight is 197 g/mol. The summed E-state index contributed by atoms with van der Waals surface area (Å²) in [6.07, 6.45) is 3.20. The Balaban J connectivity index is 1.76. The maximum Gasteiger partial charge on any atom is 0.321 e. The van der Waals surface area contributed by atoms with Crippen LogP contribution < -0.4 is 5.32 Å². The van der Waals surface area contributed by atoms with E-state index in [1.165, 1.54) is 6.42 Å². The molecule has 1 aromatic rings. The monoisotopic (exact) mass is 197 g/mol. The van der Waals surface area contributed by atoms with Crippen LogP contribution in [0.5, 0.6) is 0 Å². The van der Waals surface area contributed by atoms with E-state index in [4.69, 9.17) is 4.52 Å². The van der Waals surface area contributed by atoms with Crippen LogP contribution in [0.1, 0.15) is 25.1 Å². The molecule has 0 aromatic carbocycles. The molecule has 78 valence electrons. The summed E-state index contributed by atoms with van der Waals surface area (Å²) in [5, 5.41) is 16.3. The van der Waals surface area contributed by atoms with E-state index in [9.17, 15) is 5.11 Å². The van der Waals surface area contributed by atoms with Gasteiger partial charge in [0.25, 0.3) is 0 Å². The molecule has 5 nitrogen and oxygen atoms in total. The maximum atomic E-state index is 9.68. The van der Waals surface area contributed by atoms with E-state index in [1.54, 1.807) is 6.92 Å². The highest BCUT2D eigenvalue weighted by molar-refractivity contribution is 5.18. The molecule has 1 saturated carbocycles. The Morgan fingerprint density at radius 2 is 2.43 bits per heavy atom. The predicted octanol–water partition coefficient (Wildman–Crippen LogP) is 0.951. The Bertz CT molecular complexity index is 296. The Labute approximate surface area is 82.5 Å². The first-order valence-electron chi connectivity index (χ1n) is 4.98. The van der Waals surface area contributed by atoms with Crippen LogP contribution in [-0.2, 0) is 0 Å². The topological polar surface area (TPSA) is 71.2 Å². The molecule has 1 atom stereocenters. The predicted molar refractivity (Wildman–Crippen MR) is 50.9 cm³/mol. The zero-order valence-corrected chi connectivity index (χ0v) is 8.23.